The van der Waals surface area contributed by atoms with Gasteiger partial charge in [-0.3, -0.25) is 14.8 Å². The maximum atomic E-state index is 11.7. The molecule has 0 aliphatic heterocycles. The van der Waals surface area contributed by atoms with Crippen molar-refractivity contribution in [3.05, 3.63) is 55.0 Å². The van der Waals surface area contributed by atoms with E-state index in [0.717, 1.165) is 0 Å². The van der Waals surface area contributed by atoms with Crippen LogP contribution < -0.4 is 16.9 Å². The Kier molecular flexibility index (Phi) is 3.27. The first kappa shape index (κ1) is 12.1. The summed E-state index contributed by atoms with van der Waals surface area (Å²) in [5, 5.41) is 0.221. The molecule has 94 valence electrons. The number of fused-ring (bicyclic) bond motifs is 1. The van der Waals surface area contributed by atoms with E-state index >= 15 is 0 Å². The van der Waals surface area contributed by atoms with E-state index in [1.165, 1.54) is 6.07 Å². The lowest BCUT2D eigenvalue weighted by Gasteiger charge is -2.01. The van der Waals surface area contributed by atoms with Gasteiger partial charge in [-0.05, 0) is 25.3 Å². The van der Waals surface area contributed by atoms with Crippen molar-refractivity contribution in [1.29, 1.82) is 0 Å². The van der Waals surface area contributed by atoms with Gasteiger partial charge in [0.25, 0.3) is 5.56 Å². The van der Waals surface area contributed by atoms with Crippen LogP contribution in [0.5, 0.6) is 0 Å². The van der Waals surface area contributed by atoms with Crippen molar-refractivity contribution in [3.8, 4) is 0 Å². The molecule has 2 rings (SSSR count). The molecule has 2 aromatic rings. The van der Waals surface area contributed by atoms with Crippen LogP contribution in [0.1, 0.15) is 18.9 Å². The molecule has 0 amide bonds. The lowest BCUT2D eigenvalue weighted by Crippen LogP contribution is -2.24. The fourth-order valence-electron chi connectivity index (χ4n) is 1.78. The number of nitrogens with one attached hydrogen (secondary N) is 2. The number of H-pyrrole nitrogens is 2. The number of rotatable bonds is 3. The highest BCUT2D eigenvalue weighted by molar-refractivity contribution is 5.75. The summed E-state index contributed by atoms with van der Waals surface area (Å²) in [7, 11) is 0. The van der Waals surface area contributed by atoms with Crippen molar-refractivity contribution in [2.45, 2.75) is 19.8 Å². The molecule has 6 heteroatoms. The van der Waals surface area contributed by atoms with Gasteiger partial charge in [-0.2, -0.15) is 0 Å². The molecule has 0 saturated heterocycles. The van der Waals surface area contributed by atoms with E-state index in [1.54, 1.807) is 0 Å². The summed E-state index contributed by atoms with van der Waals surface area (Å²) in [5.74, 6) is 0. The van der Waals surface area contributed by atoms with Crippen molar-refractivity contribution in [3.63, 3.8) is 0 Å². The molecular formula is C12H12N2O4. The smallest absolute Gasteiger partial charge is 0.337 e. The van der Waals surface area contributed by atoms with Crippen LogP contribution in [0.2, 0.25) is 0 Å². The summed E-state index contributed by atoms with van der Waals surface area (Å²) in [6.45, 7) is 1.89. The van der Waals surface area contributed by atoms with Crippen LogP contribution in [0.3, 0.4) is 0 Å². The summed E-state index contributed by atoms with van der Waals surface area (Å²) in [6.07, 6.45) is 5.05. The largest absolute Gasteiger partial charge is 0.405 e. The second-order valence-corrected chi connectivity index (χ2v) is 3.81. The van der Waals surface area contributed by atoms with E-state index in [0.29, 0.717) is 18.4 Å². The highest BCUT2D eigenvalue weighted by Crippen LogP contribution is 2.11. The second-order valence-electron chi connectivity index (χ2n) is 3.81. The molecule has 0 radical (unpaired) electrons. The summed E-state index contributed by atoms with van der Waals surface area (Å²) in [4.78, 5) is 38.6. The predicted molar refractivity (Wildman–Crippen MR) is 66.9 cm³/mol. The molecular weight excluding hydrogens is 236 g/mol. The zero-order chi connectivity index (χ0) is 13.1. The number of aromatic nitrogens is 2. The molecule has 0 aromatic carbocycles. The van der Waals surface area contributed by atoms with Gasteiger partial charge in [0, 0.05) is 6.07 Å². The van der Waals surface area contributed by atoms with Gasteiger partial charge < -0.3 is 4.42 Å². The standard InChI is InChI=1S/C12H12N2O4/c1-2-3-4-5-7-6-8(15)18-11-9(7)10(16)13-12(17)14-11/h2-3,6H,4-5H2,1H3,(H2,13,14,16,17). The fraction of sp³-hybridized carbons (Fsp3) is 0.250. The predicted octanol–water partition coefficient (Wildman–Crippen LogP) is 0.678. The summed E-state index contributed by atoms with van der Waals surface area (Å²) >= 11 is 0. The van der Waals surface area contributed by atoms with Crippen LogP contribution in [0.4, 0.5) is 0 Å². The van der Waals surface area contributed by atoms with Crippen LogP contribution in [-0.2, 0) is 6.42 Å². The van der Waals surface area contributed by atoms with Crippen molar-refractivity contribution in [2.24, 2.45) is 0 Å². The summed E-state index contributed by atoms with van der Waals surface area (Å²) in [6, 6.07) is 1.28. The molecule has 0 aliphatic rings. The molecule has 18 heavy (non-hydrogen) atoms. The average Bonchev–Trinajstić information content (AvgIpc) is 2.27. The van der Waals surface area contributed by atoms with Crippen molar-refractivity contribution in [1.82, 2.24) is 9.97 Å². The molecule has 2 N–H and O–H groups in total. The molecule has 0 unspecified atom stereocenters. The third kappa shape index (κ3) is 2.32. The molecule has 0 fully saturated rings. The molecule has 0 atom stereocenters. The SMILES string of the molecule is CC=CCCc1cc(=O)oc2[nH]c(=O)[nH]c(=O)c12. The van der Waals surface area contributed by atoms with Gasteiger partial charge in [-0.1, -0.05) is 12.2 Å². The maximum Gasteiger partial charge on any atom is 0.337 e. The molecule has 6 nitrogen and oxygen atoms in total. The van der Waals surface area contributed by atoms with Gasteiger partial charge in [0.05, 0.1) is 0 Å². The first-order valence-corrected chi connectivity index (χ1v) is 5.52. The van der Waals surface area contributed by atoms with Gasteiger partial charge in [0.2, 0.25) is 5.71 Å². The minimum Gasteiger partial charge on any atom is -0.405 e. The Labute approximate surface area is 101 Å². The molecule has 0 bridgehead atoms. The number of hydrogen-bond acceptors (Lipinski definition) is 4. The quantitative estimate of drug-likeness (QED) is 0.780. The topological polar surface area (TPSA) is 95.9 Å². The van der Waals surface area contributed by atoms with Gasteiger partial charge in [-0.15, -0.1) is 0 Å². The monoisotopic (exact) mass is 248 g/mol. The molecule has 0 spiro atoms. The molecule has 2 heterocycles. The molecule has 0 saturated carbocycles. The van der Waals surface area contributed by atoms with Gasteiger partial charge in [0.1, 0.15) is 5.39 Å². The van der Waals surface area contributed by atoms with Crippen molar-refractivity contribution < 1.29 is 4.42 Å². The number of aryl methyl sites for hydroxylation is 1. The summed E-state index contributed by atoms with van der Waals surface area (Å²) in [5.41, 5.74) is -1.34. The van der Waals surface area contributed by atoms with Gasteiger partial charge in [-0.25, -0.2) is 9.59 Å². The van der Waals surface area contributed by atoms with Crippen LogP contribution in [0.25, 0.3) is 11.1 Å². The van der Waals surface area contributed by atoms with Crippen LogP contribution in [0, 0.1) is 0 Å². The van der Waals surface area contributed by atoms with Crippen molar-refractivity contribution in [2.75, 3.05) is 0 Å². The van der Waals surface area contributed by atoms with E-state index in [-0.39, 0.29) is 11.1 Å². The maximum absolute atomic E-state index is 11.7. The second kappa shape index (κ2) is 4.87. The number of allylic oxidation sites excluding steroid dienone is 2. The third-order valence-corrected chi connectivity index (χ3v) is 2.54. The zero-order valence-corrected chi connectivity index (χ0v) is 9.78. The first-order chi connectivity index (χ1) is 8.61. The normalized spacial score (nSPS) is 11.4. The molecule has 0 aliphatic carbocycles. The van der Waals surface area contributed by atoms with E-state index in [1.807, 2.05) is 19.1 Å². The van der Waals surface area contributed by atoms with E-state index < -0.39 is 16.9 Å². The average molecular weight is 248 g/mol. The number of aromatic amines is 2. The Morgan fingerprint density at radius 2 is 2.06 bits per heavy atom. The van der Waals surface area contributed by atoms with Crippen LogP contribution in [0.15, 0.2) is 37.0 Å². The number of hydrogen-bond donors (Lipinski definition) is 2. The van der Waals surface area contributed by atoms with E-state index in [9.17, 15) is 14.4 Å². The first-order valence-electron chi connectivity index (χ1n) is 5.52. The lowest BCUT2D eigenvalue weighted by atomic mass is 10.1. The van der Waals surface area contributed by atoms with Gasteiger partial charge in [0.15, 0.2) is 0 Å². The van der Waals surface area contributed by atoms with E-state index in [2.05, 4.69) is 9.97 Å². The highest BCUT2D eigenvalue weighted by atomic mass is 16.4. The van der Waals surface area contributed by atoms with Gasteiger partial charge >= 0.3 is 11.3 Å². The van der Waals surface area contributed by atoms with Crippen LogP contribution >= 0.6 is 0 Å². The molecule has 2 aromatic heterocycles. The lowest BCUT2D eigenvalue weighted by molar-refractivity contribution is 0.544. The van der Waals surface area contributed by atoms with E-state index in [4.69, 9.17) is 4.42 Å². The minimum absolute atomic E-state index is 0.0771. The Balaban J connectivity index is 2.68. The zero-order valence-electron chi connectivity index (χ0n) is 9.78. The minimum atomic E-state index is -0.693. The Morgan fingerprint density at radius 1 is 1.28 bits per heavy atom. The van der Waals surface area contributed by atoms with Crippen molar-refractivity contribution >= 4 is 11.1 Å². The Bertz CT molecular complexity index is 759. The third-order valence-electron chi connectivity index (χ3n) is 2.54. The highest BCUT2D eigenvalue weighted by Gasteiger charge is 2.10. The Hall–Kier alpha value is -2.37. The Morgan fingerprint density at radius 3 is 2.78 bits per heavy atom. The fourth-order valence-corrected chi connectivity index (χ4v) is 1.78. The summed E-state index contributed by atoms with van der Waals surface area (Å²) < 4.78 is 4.82. The van der Waals surface area contributed by atoms with Crippen LogP contribution in [-0.4, -0.2) is 9.97 Å².